The van der Waals surface area contributed by atoms with Crippen molar-refractivity contribution in [2.45, 2.75) is 77.9 Å². The Hall–Kier alpha value is -6.26. The minimum Gasteiger partial charge on any atom is -1.00 e. The predicted molar refractivity (Wildman–Crippen MR) is 341 cm³/mol. The summed E-state index contributed by atoms with van der Waals surface area (Å²) >= 11 is 0. The van der Waals surface area contributed by atoms with Gasteiger partial charge in [0.25, 0.3) is 0 Å². The third kappa shape index (κ3) is 16.8. The van der Waals surface area contributed by atoms with Crippen molar-refractivity contribution in [3.63, 3.8) is 0 Å². The first-order chi connectivity index (χ1) is 40.5. The number of hydrogen-bond donors (Lipinski definition) is 1. The van der Waals surface area contributed by atoms with Crippen LogP contribution in [0, 0.1) is 0 Å². The van der Waals surface area contributed by atoms with E-state index in [9.17, 15) is 9.90 Å². The number of carbonyl (C=O) groups is 1. The molecule has 0 amide bonds. The number of methoxy groups -OCH3 is 1. The zero-order valence-corrected chi connectivity index (χ0v) is 49.1. The van der Waals surface area contributed by atoms with E-state index in [1.54, 1.807) is 7.11 Å². The summed E-state index contributed by atoms with van der Waals surface area (Å²) in [5.41, 5.74) is 8.95. The minimum absolute atomic E-state index is 0. The molecule has 6 heterocycles. The van der Waals surface area contributed by atoms with Gasteiger partial charge in [0.2, 0.25) is 0 Å². The van der Waals surface area contributed by atoms with Crippen LogP contribution in [0.1, 0.15) is 88.0 Å². The summed E-state index contributed by atoms with van der Waals surface area (Å²) in [6.07, 6.45) is 11.2. The molecule has 3 aromatic heterocycles. The number of aromatic nitrogens is 3. The SMILES string of the molecule is CCOC(=O)c1cc2ccccc2n1-c1ccc(OCCCN2CCCC2)cc1.COCc1cc2ccccc2n1-c1ccc(OCCCN2CCCC2)cc1.OCc1cc2ccccc2n1-c1ccc(OCCCN2CCCC2)cc1.[AlH3].[H-].[Li+]. The van der Waals surface area contributed by atoms with E-state index in [1.807, 2.05) is 96.4 Å². The van der Waals surface area contributed by atoms with Gasteiger partial charge in [-0.05, 0) is 213 Å². The van der Waals surface area contributed by atoms with Gasteiger partial charge in [-0.2, -0.15) is 0 Å². The summed E-state index contributed by atoms with van der Waals surface area (Å²) in [4.78, 5) is 20.0. The van der Waals surface area contributed by atoms with E-state index >= 15 is 0 Å². The number of rotatable bonds is 23. The van der Waals surface area contributed by atoms with Gasteiger partial charge in [-0.15, -0.1) is 0 Å². The number of carbonyl (C=O) groups excluding carboxylic acids is 1. The standard InChI is InChI=1S/C24H28N2O3.C23H28N2O2.C22H26N2O2.Al.Li.4H/c1-2-28-24(27)23-18-19-8-3-4-9-22(19)26(23)20-10-12-21(13-11-20)29-17-7-16-25-14-5-6-15-25;1-26-18-21-17-19-7-2-3-8-23(19)25(21)20-9-11-22(12-10-20)27-16-6-15-24-13-4-5-14-24;25-17-20-16-18-6-1-2-7-22(18)24(20)19-8-10-21(11-9-19)26-15-5-14-23-12-3-4-13-23;;;;;;/h3-4,8-13,18H,2,5-7,14-17H2,1H3;2-3,7-12,17H,4-6,13-16,18H2,1H3;1-2,6-11,16,25H,3-5,12-15,17H2;;;;;;/q;;;;+1;;;;-1. The number of nitrogens with zero attached hydrogens (tertiary/aromatic N) is 6. The molecule has 0 radical (unpaired) electrons. The van der Waals surface area contributed by atoms with Crippen molar-refractivity contribution in [3.8, 4) is 34.3 Å². The van der Waals surface area contributed by atoms with Gasteiger partial charge in [0.05, 0.1) is 56.2 Å². The van der Waals surface area contributed by atoms with Crippen LogP contribution < -0.4 is 33.1 Å². The average Bonchev–Trinajstić information content (AvgIpc) is 3.09. The molecule has 3 aliphatic heterocycles. The van der Waals surface area contributed by atoms with E-state index in [1.165, 1.54) is 88.7 Å². The zero-order valence-electron chi connectivity index (χ0n) is 50.1. The van der Waals surface area contributed by atoms with E-state index < -0.39 is 0 Å². The first-order valence-electron chi connectivity index (χ1n) is 29.9. The summed E-state index contributed by atoms with van der Waals surface area (Å²) in [5.74, 6) is 2.37. The Kier molecular flexibility index (Phi) is 24.9. The molecule has 13 nitrogen and oxygen atoms in total. The number of fused-ring (bicyclic) bond motifs is 3. The number of ether oxygens (including phenoxy) is 5. The molecule has 3 fully saturated rings. The molecule has 0 aliphatic carbocycles. The fraction of sp³-hybridized carbons (Fsp3) is 0.377. The van der Waals surface area contributed by atoms with Crippen LogP contribution in [0.25, 0.3) is 49.8 Å². The van der Waals surface area contributed by atoms with Crippen molar-refractivity contribution >= 4 is 56.0 Å². The zero-order chi connectivity index (χ0) is 56.3. The van der Waals surface area contributed by atoms with Gasteiger partial charge in [-0.25, -0.2) is 4.79 Å². The second kappa shape index (κ2) is 32.9. The fourth-order valence-electron chi connectivity index (χ4n) is 11.7. The van der Waals surface area contributed by atoms with Crippen molar-refractivity contribution in [3.05, 3.63) is 181 Å². The molecular weight excluding hydrogens is 1060 g/mol. The molecule has 3 saturated heterocycles. The van der Waals surface area contributed by atoms with Crippen LogP contribution >= 0.6 is 0 Å². The monoisotopic (exact) mass is 1140 g/mol. The van der Waals surface area contributed by atoms with Crippen molar-refractivity contribution in [2.24, 2.45) is 0 Å². The summed E-state index contributed by atoms with van der Waals surface area (Å²) < 4.78 is 34.7. The van der Waals surface area contributed by atoms with E-state index in [2.05, 4.69) is 103 Å². The molecule has 438 valence electrons. The summed E-state index contributed by atoms with van der Waals surface area (Å²) in [6, 6.07) is 55.2. The predicted octanol–water partition coefficient (Wildman–Crippen LogP) is 9.23. The van der Waals surface area contributed by atoms with E-state index in [0.717, 1.165) is 126 Å². The Morgan fingerprint density at radius 2 is 0.821 bits per heavy atom. The number of aliphatic hydroxyl groups is 1. The molecule has 0 unspecified atom stereocenters. The topological polar surface area (TPSA) is 108 Å². The van der Waals surface area contributed by atoms with Gasteiger partial charge in [0.15, 0.2) is 17.4 Å². The van der Waals surface area contributed by atoms with E-state index in [0.29, 0.717) is 18.9 Å². The fourth-order valence-corrected chi connectivity index (χ4v) is 11.7. The molecule has 6 aromatic carbocycles. The Morgan fingerprint density at radius 1 is 0.476 bits per heavy atom. The third-order valence-electron chi connectivity index (χ3n) is 15.8. The molecule has 0 atom stereocenters. The number of aliphatic hydroxyl groups excluding tert-OH is 1. The van der Waals surface area contributed by atoms with Gasteiger partial charge >= 0.3 is 24.8 Å². The average molecular weight is 1150 g/mol. The molecule has 15 heteroatoms. The number of benzene rings is 6. The maximum atomic E-state index is 12.5. The Morgan fingerprint density at radius 3 is 1.20 bits per heavy atom. The second-order valence-electron chi connectivity index (χ2n) is 21.5. The van der Waals surface area contributed by atoms with Crippen molar-refractivity contribution in [1.29, 1.82) is 0 Å². The number of likely N-dealkylation sites (tertiary alicyclic amines) is 3. The van der Waals surface area contributed by atoms with Gasteiger partial charge in [-0.1, -0.05) is 54.6 Å². The van der Waals surface area contributed by atoms with Crippen LogP contribution in [0.15, 0.2) is 164 Å². The Labute approximate surface area is 520 Å². The van der Waals surface area contributed by atoms with Crippen LogP contribution in [0.3, 0.4) is 0 Å². The molecular formula is C69H86AlLiN6O7. The molecule has 9 aromatic rings. The van der Waals surface area contributed by atoms with Crippen molar-refractivity contribution in [1.82, 2.24) is 28.4 Å². The molecule has 0 spiro atoms. The van der Waals surface area contributed by atoms with Crippen molar-refractivity contribution in [2.75, 3.05) is 92.4 Å². The van der Waals surface area contributed by atoms with Crippen LogP contribution in [0.5, 0.6) is 17.2 Å². The third-order valence-corrected chi connectivity index (χ3v) is 15.8. The van der Waals surface area contributed by atoms with Crippen LogP contribution in [-0.2, 0) is 22.7 Å². The first-order valence-corrected chi connectivity index (χ1v) is 29.9. The van der Waals surface area contributed by atoms with Gasteiger partial charge in [0.1, 0.15) is 22.9 Å². The Bertz CT molecular complexity index is 3410. The van der Waals surface area contributed by atoms with Crippen LogP contribution in [0.2, 0.25) is 0 Å². The van der Waals surface area contributed by atoms with Crippen molar-refractivity contribution < 1.29 is 53.9 Å². The number of para-hydroxylation sites is 3. The smallest absolute Gasteiger partial charge is 1.00 e. The molecule has 84 heavy (non-hydrogen) atoms. The summed E-state index contributed by atoms with van der Waals surface area (Å²) in [7, 11) is 1.74. The second-order valence-corrected chi connectivity index (χ2v) is 21.5. The Balaban J connectivity index is 0.000000180. The van der Waals surface area contributed by atoms with Gasteiger partial charge in [0, 0.05) is 71.4 Å². The summed E-state index contributed by atoms with van der Waals surface area (Å²) in [6.45, 7) is 15.9. The molecule has 0 saturated carbocycles. The summed E-state index contributed by atoms with van der Waals surface area (Å²) in [5, 5.41) is 13.1. The van der Waals surface area contributed by atoms with Crippen LogP contribution in [0.4, 0.5) is 0 Å². The normalized spacial score (nSPS) is 14.4. The quantitative estimate of drug-likeness (QED) is 0.0379. The first kappa shape index (κ1) is 63.8. The minimum atomic E-state index is -0.314. The molecule has 3 aliphatic rings. The van der Waals surface area contributed by atoms with Gasteiger partial charge in [-0.3, -0.25) is 0 Å². The largest absolute Gasteiger partial charge is 1.00 e. The molecule has 12 rings (SSSR count). The van der Waals surface area contributed by atoms with E-state index in [-0.39, 0.29) is 50.2 Å². The molecule has 1 N–H and O–H groups in total. The number of esters is 1. The maximum Gasteiger partial charge on any atom is 1.00 e. The number of hydrogen-bond acceptors (Lipinski definition) is 10. The van der Waals surface area contributed by atoms with Crippen LogP contribution in [-0.4, -0.2) is 149 Å². The molecule has 0 bridgehead atoms. The van der Waals surface area contributed by atoms with E-state index in [4.69, 9.17) is 23.7 Å². The van der Waals surface area contributed by atoms with Gasteiger partial charge < -0.3 is 58.6 Å². The maximum absolute atomic E-state index is 12.5.